The topological polar surface area (TPSA) is 118 Å². The zero-order valence-electron chi connectivity index (χ0n) is 23.1. The predicted molar refractivity (Wildman–Crippen MR) is 140 cm³/mol. The summed E-state index contributed by atoms with van der Waals surface area (Å²) in [5, 5.41) is 11.7. The van der Waals surface area contributed by atoms with E-state index in [1.165, 1.54) is 34.9 Å². The summed E-state index contributed by atoms with van der Waals surface area (Å²) in [4.78, 5) is 23.6. The van der Waals surface area contributed by atoms with E-state index in [1.54, 1.807) is 36.4 Å². The molecular formula is C26H16F12N8O2. The molecule has 0 radical (unpaired) electrons. The van der Waals surface area contributed by atoms with Gasteiger partial charge in [-0.1, -0.05) is 60.7 Å². The Kier molecular flexibility index (Phi) is 7.83. The number of aromatic nitrogens is 4. The van der Waals surface area contributed by atoms with Crippen LogP contribution in [0.2, 0.25) is 0 Å². The molecule has 0 saturated carbocycles. The van der Waals surface area contributed by atoms with Gasteiger partial charge in [0.15, 0.2) is 0 Å². The average molecular weight is 700 g/mol. The molecule has 10 nitrogen and oxygen atoms in total. The Labute approximate surface area is 258 Å². The first kappa shape index (κ1) is 33.9. The number of carbonyl (C=O) groups excluding carboxylic acids is 2. The molecule has 2 aromatic heterocycles. The number of fused-ring (bicyclic) bond motifs is 2. The third-order valence-electron chi connectivity index (χ3n) is 6.99. The molecule has 256 valence electrons. The van der Waals surface area contributed by atoms with Crippen molar-refractivity contribution >= 4 is 23.7 Å². The van der Waals surface area contributed by atoms with Crippen LogP contribution < -0.4 is 21.3 Å². The average Bonchev–Trinajstić information content (AvgIpc) is 3.61. The number of nitrogens with zero attached hydrogens (tertiary/aromatic N) is 4. The Morgan fingerprint density at radius 1 is 0.479 bits per heavy atom. The van der Waals surface area contributed by atoms with Crippen LogP contribution in [0.3, 0.4) is 0 Å². The van der Waals surface area contributed by atoms with Crippen LogP contribution in [-0.2, 0) is 0 Å². The fourth-order valence-electron chi connectivity index (χ4n) is 4.64. The van der Waals surface area contributed by atoms with E-state index >= 15 is 0 Å². The lowest BCUT2D eigenvalue weighted by atomic mass is 10.1. The quantitative estimate of drug-likeness (QED) is 0.173. The maximum atomic E-state index is 13.2. The normalized spacial score (nSPS) is 17.0. The van der Waals surface area contributed by atoms with Gasteiger partial charge in [-0.25, -0.2) is 9.59 Å². The fraction of sp³-hybridized carbons (Fsp3) is 0.231. The van der Waals surface area contributed by atoms with Crippen molar-refractivity contribution in [3.63, 3.8) is 0 Å². The summed E-state index contributed by atoms with van der Waals surface area (Å²) in [6.45, 7) is 0. The van der Waals surface area contributed by atoms with Gasteiger partial charge in [-0.05, 0) is 11.1 Å². The van der Waals surface area contributed by atoms with Gasteiger partial charge in [0, 0.05) is 11.1 Å². The molecule has 2 aliphatic rings. The SMILES string of the molecule is O=C1NC(C(F)(F)F)(C(F)(F)F)Nc2c(-c3ccccc3)cnn21.O=C1NC(C(F)(F)F)(C(F)(F)F)Nc2c(-c3ccccc3)cnn21. The molecule has 4 heterocycles. The van der Waals surface area contributed by atoms with Crippen molar-refractivity contribution in [1.29, 1.82) is 0 Å². The van der Waals surface area contributed by atoms with E-state index in [0.717, 1.165) is 23.0 Å². The first-order valence-electron chi connectivity index (χ1n) is 12.9. The third kappa shape index (κ3) is 5.39. The second-order valence-electron chi connectivity index (χ2n) is 9.97. The molecule has 2 aliphatic heterocycles. The molecule has 0 fully saturated rings. The van der Waals surface area contributed by atoms with Gasteiger partial charge in [-0.3, -0.25) is 10.6 Å². The van der Waals surface area contributed by atoms with E-state index in [4.69, 9.17) is 0 Å². The number of carbonyl (C=O) groups is 2. The summed E-state index contributed by atoms with van der Waals surface area (Å²) in [5.41, 5.74) is -8.72. The Morgan fingerprint density at radius 3 is 1.04 bits per heavy atom. The van der Waals surface area contributed by atoms with E-state index in [0.29, 0.717) is 20.5 Å². The number of nitrogens with one attached hydrogen (secondary N) is 4. The van der Waals surface area contributed by atoms with Crippen LogP contribution in [0.1, 0.15) is 0 Å². The summed E-state index contributed by atoms with van der Waals surface area (Å²) < 4.78 is 159. The minimum absolute atomic E-state index is 0.0664. The summed E-state index contributed by atoms with van der Waals surface area (Å²) in [6, 6.07) is 12.0. The highest BCUT2D eigenvalue weighted by Gasteiger charge is 2.75. The predicted octanol–water partition coefficient (Wildman–Crippen LogP) is 6.71. The van der Waals surface area contributed by atoms with E-state index in [9.17, 15) is 62.3 Å². The monoisotopic (exact) mass is 700 g/mol. The standard InChI is InChI=1S/2C13H8F6N4O/c2*14-12(15,16)11(13(17,18)19)21-9-8(7-4-2-1-3-5-7)6-20-23(9)10(24)22-11/h2*1-6,21H,(H,22,24). The molecule has 0 spiro atoms. The highest BCUT2D eigenvalue weighted by molar-refractivity contribution is 5.90. The molecule has 0 bridgehead atoms. The molecule has 2 amide bonds. The van der Waals surface area contributed by atoms with Gasteiger partial charge >= 0.3 is 48.1 Å². The van der Waals surface area contributed by atoms with Crippen molar-refractivity contribution < 1.29 is 62.3 Å². The number of benzene rings is 2. The molecule has 2 aromatic carbocycles. The van der Waals surface area contributed by atoms with E-state index in [1.807, 2.05) is 0 Å². The summed E-state index contributed by atoms with van der Waals surface area (Å²) in [5.74, 6) is -1.39. The molecule has 0 aliphatic carbocycles. The largest absolute Gasteiger partial charge is 0.439 e. The van der Waals surface area contributed by atoms with Gasteiger partial charge < -0.3 is 10.6 Å². The van der Waals surface area contributed by atoms with Crippen LogP contribution in [0.4, 0.5) is 73.9 Å². The summed E-state index contributed by atoms with van der Waals surface area (Å²) in [6.07, 6.45) is -21.3. The zero-order valence-corrected chi connectivity index (χ0v) is 23.1. The van der Waals surface area contributed by atoms with E-state index < -0.39 is 59.7 Å². The van der Waals surface area contributed by atoms with Gasteiger partial charge in [-0.15, -0.1) is 0 Å². The first-order chi connectivity index (χ1) is 22.1. The molecule has 22 heteroatoms. The number of hydrogen-bond acceptors (Lipinski definition) is 6. The van der Waals surface area contributed by atoms with Gasteiger partial charge in [0.2, 0.25) is 0 Å². The van der Waals surface area contributed by atoms with E-state index in [2.05, 4.69) is 10.2 Å². The Balaban J connectivity index is 0.000000188. The van der Waals surface area contributed by atoms with Crippen LogP contribution in [0.15, 0.2) is 73.1 Å². The minimum atomic E-state index is -5.83. The van der Waals surface area contributed by atoms with Crippen molar-refractivity contribution in [1.82, 2.24) is 30.2 Å². The van der Waals surface area contributed by atoms with E-state index in [-0.39, 0.29) is 11.1 Å². The Morgan fingerprint density at radius 2 is 0.771 bits per heavy atom. The summed E-state index contributed by atoms with van der Waals surface area (Å²) >= 11 is 0. The van der Waals surface area contributed by atoms with Crippen molar-refractivity contribution in [2.45, 2.75) is 36.0 Å². The number of anilines is 2. The fourth-order valence-corrected chi connectivity index (χ4v) is 4.64. The first-order valence-corrected chi connectivity index (χ1v) is 12.9. The second kappa shape index (κ2) is 11.1. The van der Waals surface area contributed by atoms with Gasteiger partial charge in [0.1, 0.15) is 11.6 Å². The van der Waals surface area contributed by atoms with Crippen LogP contribution >= 0.6 is 0 Å². The maximum absolute atomic E-state index is 13.2. The lowest BCUT2D eigenvalue weighted by Gasteiger charge is -2.41. The number of amides is 2. The minimum Gasteiger partial charge on any atom is -0.332 e. The number of hydrogen-bond donors (Lipinski definition) is 4. The lowest BCUT2D eigenvalue weighted by molar-refractivity contribution is -0.295. The van der Waals surface area contributed by atoms with Gasteiger partial charge in [-0.2, -0.15) is 72.2 Å². The molecule has 4 aromatic rings. The van der Waals surface area contributed by atoms with Crippen molar-refractivity contribution in [3.8, 4) is 22.3 Å². The lowest BCUT2D eigenvalue weighted by Crippen LogP contribution is -2.74. The summed E-state index contributed by atoms with van der Waals surface area (Å²) in [7, 11) is 0. The van der Waals surface area contributed by atoms with Crippen molar-refractivity contribution in [2.24, 2.45) is 0 Å². The number of halogens is 12. The molecule has 4 N–H and O–H groups in total. The van der Waals surface area contributed by atoms with Crippen LogP contribution in [0, 0.1) is 0 Å². The Hall–Kier alpha value is -5.44. The number of alkyl halides is 12. The van der Waals surface area contributed by atoms with Gasteiger partial charge in [0.25, 0.3) is 0 Å². The molecule has 0 saturated heterocycles. The third-order valence-corrected chi connectivity index (χ3v) is 6.99. The highest BCUT2D eigenvalue weighted by Crippen LogP contribution is 2.48. The molecule has 0 unspecified atom stereocenters. The highest BCUT2D eigenvalue weighted by atomic mass is 19.4. The molecule has 48 heavy (non-hydrogen) atoms. The van der Waals surface area contributed by atoms with Crippen molar-refractivity contribution in [2.75, 3.05) is 10.6 Å². The molecule has 6 rings (SSSR count). The maximum Gasteiger partial charge on any atom is 0.439 e. The molecular weight excluding hydrogens is 684 g/mol. The van der Waals surface area contributed by atoms with Gasteiger partial charge in [0.05, 0.1) is 12.4 Å². The van der Waals surface area contributed by atoms with Crippen LogP contribution in [0.25, 0.3) is 22.3 Å². The molecule has 0 atom stereocenters. The number of rotatable bonds is 2. The Bertz CT molecular complexity index is 1670. The zero-order chi connectivity index (χ0) is 35.5. The van der Waals surface area contributed by atoms with Crippen LogP contribution in [-0.4, -0.2) is 67.7 Å². The second-order valence-corrected chi connectivity index (χ2v) is 9.97. The smallest absolute Gasteiger partial charge is 0.332 e. The van der Waals surface area contributed by atoms with Crippen LogP contribution in [0.5, 0.6) is 0 Å². The van der Waals surface area contributed by atoms with Crippen molar-refractivity contribution in [3.05, 3.63) is 73.1 Å².